The summed E-state index contributed by atoms with van der Waals surface area (Å²) in [6.45, 7) is 3.91. The van der Waals surface area contributed by atoms with Gasteiger partial charge < -0.3 is 0 Å². The van der Waals surface area contributed by atoms with E-state index in [1.165, 1.54) is 15.9 Å². The molecule has 0 fully saturated rings. The number of nitrogens with zero attached hydrogens (tertiary/aromatic N) is 5. The topological polar surface area (TPSA) is 89.9 Å². The maximum absolute atomic E-state index is 11.8. The van der Waals surface area contributed by atoms with E-state index in [0.717, 1.165) is 0 Å². The summed E-state index contributed by atoms with van der Waals surface area (Å²) in [6.07, 6.45) is 6.14. The van der Waals surface area contributed by atoms with Gasteiger partial charge in [-0.3, -0.25) is 14.6 Å². The number of hydrogen-bond acceptors (Lipinski definition) is 6. The van der Waals surface area contributed by atoms with Crippen LogP contribution in [0.25, 0.3) is 5.69 Å². The maximum atomic E-state index is 11.8. The third-order valence-electron chi connectivity index (χ3n) is 2.21. The first-order chi connectivity index (χ1) is 8.72. The Bertz CT molecular complexity index is 594. The van der Waals surface area contributed by atoms with Gasteiger partial charge in [0.05, 0.1) is 12.2 Å². The lowest BCUT2D eigenvalue weighted by molar-refractivity contribution is 0.799. The molecular formula is C11H12N6O. The van der Waals surface area contributed by atoms with Gasteiger partial charge in [0.25, 0.3) is 0 Å². The number of hydrazine groups is 1. The van der Waals surface area contributed by atoms with Crippen LogP contribution in [0.5, 0.6) is 0 Å². The van der Waals surface area contributed by atoms with Gasteiger partial charge >= 0.3 is 5.69 Å². The minimum Gasteiger partial charge on any atom is -0.275 e. The third kappa shape index (κ3) is 2.41. The van der Waals surface area contributed by atoms with Crippen molar-refractivity contribution < 1.29 is 0 Å². The van der Waals surface area contributed by atoms with Crippen LogP contribution in [0.2, 0.25) is 0 Å². The van der Waals surface area contributed by atoms with Crippen LogP contribution in [0.3, 0.4) is 0 Å². The van der Waals surface area contributed by atoms with Crippen LogP contribution in [-0.4, -0.2) is 26.1 Å². The van der Waals surface area contributed by atoms with E-state index in [0.29, 0.717) is 12.2 Å². The fourth-order valence-electron chi connectivity index (χ4n) is 1.37. The molecule has 0 aliphatic carbocycles. The third-order valence-corrected chi connectivity index (χ3v) is 2.21. The molecule has 0 aromatic carbocycles. The molecule has 2 aromatic heterocycles. The zero-order valence-electron chi connectivity index (χ0n) is 9.60. The van der Waals surface area contributed by atoms with Crippen LogP contribution in [-0.2, 0) is 0 Å². The van der Waals surface area contributed by atoms with Crippen molar-refractivity contribution in [3.63, 3.8) is 0 Å². The van der Waals surface area contributed by atoms with Crippen LogP contribution in [0.1, 0.15) is 0 Å². The molecule has 2 aromatic rings. The summed E-state index contributed by atoms with van der Waals surface area (Å²) < 4.78 is 1.31. The second-order valence-corrected chi connectivity index (χ2v) is 3.46. The molecule has 0 radical (unpaired) electrons. The van der Waals surface area contributed by atoms with E-state index >= 15 is 0 Å². The summed E-state index contributed by atoms with van der Waals surface area (Å²) in [7, 11) is 0. The summed E-state index contributed by atoms with van der Waals surface area (Å²) in [6, 6.07) is 3.38. The van der Waals surface area contributed by atoms with Gasteiger partial charge in [-0.2, -0.15) is 4.98 Å². The molecule has 0 saturated carbocycles. The normalized spacial score (nSPS) is 10.1. The average Bonchev–Trinajstić information content (AvgIpc) is 2.40. The molecule has 0 amide bonds. The van der Waals surface area contributed by atoms with Gasteiger partial charge in [-0.25, -0.2) is 15.6 Å². The highest BCUT2D eigenvalue weighted by molar-refractivity contribution is 5.30. The van der Waals surface area contributed by atoms with Crippen molar-refractivity contribution in [2.75, 3.05) is 11.6 Å². The SMILES string of the molecule is C=CCN(N)c1ncn(-c2ccncc2)c(=O)n1. The molecule has 7 nitrogen and oxygen atoms in total. The summed E-state index contributed by atoms with van der Waals surface area (Å²) in [4.78, 5) is 23.5. The molecule has 0 atom stereocenters. The Hall–Kier alpha value is -2.54. The van der Waals surface area contributed by atoms with E-state index in [4.69, 9.17) is 5.84 Å². The molecule has 0 unspecified atom stereocenters. The van der Waals surface area contributed by atoms with Crippen molar-refractivity contribution in [2.24, 2.45) is 5.84 Å². The lowest BCUT2D eigenvalue weighted by Gasteiger charge is -2.13. The highest BCUT2D eigenvalue weighted by Gasteiger charge is 2.07. The van der Waals surface area contributed by atoms with Crippen LogP contribution < -0.4 is 16.5 Å². The standard InChI is InChI=1S/C11H12N6O/c1-2-7-17(12)10-14-8-16(11(18)15-10)9-3-5-13-6-4-9/h2-6,8H,1,7,12H2. The Morgan fingerprint density at radius 2 is 2.17 bits per heavy atom. The largest absolute Gasteiger partial charge is 0.356 e. The summed E-state index contributed by atoms with van der Waals surface area (Å²) in [5.41, 5.74) is 0.194. The van der Waals surface area contributed by atoms with Gasteiger partial charge in [0.2, 0.25) is 5.95 Å². The Morgan fingerprint density at radius 3 is 2.78 bits per heavy atom. The number of aromatic nitrogens is 4. The molecule has 7 heteroatoms. The van der Waals surface area contributed by atoms with E-state index in [1.54, 1.807) is 30.6 Å². The summed E-state index contributed by atoms with van der Waals surface area (Å²) in [5, 5.41) is 1.24. The Kier molecular flexibility index (Phi) is 3.44. The van der Waals surface area contributed by atoms with Crippen molar-refractivity contribution in [1.29, 1.82) is 0 Å². The molecule has 0 saturated heterocycles. The number of anilines is 1. The molecule has 2 heterocycles. The zero-order chi connectivity index (χ0) is 13.0. The van der Waals surface area contributed by atoms with Crippen LogP contribution in [0.4, 0.5) is 5.95 Å². The first kappa shape index (κ1) is 11.9. The van der Waals surface area contributed by atoms with Crippen LogP contribution >= 0.6 is 0 Å². The first-order valence-corrected chi connectivity index (χ1v) is 5.21. The van der Waals surface area contributed by atoms with E-state index in [1.807, 2.05) is 0 Å². The number of hydrogen-bond donors (Lipinski definition) is 1. The second-order valence-electron chi connectivity index (χ2n) is 3.46. The number of nitrogens with two attached hydrogens (primary N) is 1. The fourth-order valence-corrected chi connectivity index (χ4v) is 1.37. The lowest BCUT2D eigenvalue weighted by Crippen LogP contribution is -2.35. The predicted octanol–water partition coefficient (Wildman–Crippen LogP) is -0.111. The zero-order valence-corrected chi connectivity index (χ0v) is 9.60. The average molecular weight is 244 g/mol. The van der Waals surface area contributed by atoms with E-state index in [-0.39, 0.29) is 5.95 Å². The predicted molar refractivity (Wildman–Crippen MR) is 67.2 cm³/mol. The molecule has 18 heavy (non-hydrogen) atoms. The van der Waals surface area contributed by atoms with E-state index < -0.39 is 5.69 Å². The maximum Gasteiger partial charge on any atom is 0.356 e. The molecule has 0 aliphatic rings. The van der Waals surface area contributed by atoms with Crippen molar-refractivity contribution in [2.45, 2.75) is 0 Å². The molecule has 2 N–H and O–H groups in total. The second kappa shape index (κ2) is 5.19. The van der Waals surface area contributed by atoms with E-state index in [9.17, 15) is 4.79 Å². The minimum absolute atomic E-state index is 0.158. The fraction of sp³-hybridized carbons (Fsp3) is 0.0909. The van der Waals surface area contributed by atoms with Crippen molar-refractivity contribution in [3.05, 3.63) is 54.0 Å². The summed E-state index contributed by atoms with van der Waals surface area (Å²) >= 11 is 0. The highest BCUT2D eigenvalue weighted by atomic mass is 16.1. The van der Waals surface area contributed by atoms with Crippen LogP contribution in [0.15, 0.2) is 48.3 Å². The van der Waals surface area contributed by atoms with Gasteiger partial charge in [0.15, 0.2) is 0 Å². The Balaban J connectivity index is 2.37. The van der Waals surface area contributed by atoms with Crippen LogP contribution in [0, 0.1) is 0 Å². The minimum atomic E-state index is -0.453. The Morgan fingerprint density at radius 1 is 1.44 bits per heavy atom. The molecule has 0 spiro atoms. The van der Waals surface area contributed by atoms with Gasteiger partial charge in [-0.05, 0) is 12.1 Å². The molecular weight excluding hydrogens is 232 g/mol. The van der Waals surface area contributed by atoms with Crippen molar-refractivity contribution >= 4 is 5.95 Å². The number of pyridine rings is 1. The van der Waals surface area contributed by atoms with E-state index in [2.05, 4.69) is 21.5 Å². The molecule has 92 valence electrons. The quantitative estimate of drug-likeness (QED) is 0.458. The monoisotopic (exact) mass is 244 g/mol. The van der Waals surface area contributed by atoms with Gasteiger partial charge in [0.1, 0.15) is 6.33 Å². The highest BCUT2D eigenvalue weighted by Crippen LogP contribution is 2.02. The Labute approximate surface area is 103 Å². The smallest absolute Gasteiger partial charge is 0.275 e. The first-order valence-electron chi connectivity index (χ1n) is 5.21. The van der Waals surface area contributed by atoms with Crippen molar-refractivity contribution in [1.82, 2.24) is 19.5 Å². The van der Waals surface area contributed by atoms with Gasteiger partial charge in [0, 0.05) is 12.4 Å². The number of rotatable bonds is 4. The van der Waals surface area contributed by atoms with Crippen molar-refractivity contribution in [3.8, 4) is 5.69 Å². The van der Waals surface area contributed by atoms with Gasteiger partial charge in [-0.1, -0.05) is 6.08 Å². The molecule has 2 rings (SSSR count). The summed E-state index contributed by atoms with van der Waals surface area (Å²) in [5.74, 6) is 5.80. The lowest BCUT2D eigenvalue weighted by atomic mass is 10.4. The molecule has 0 bridgehead atoms. The van der Waals surface area contributed by atoms with Gasteiger partial charge in [-0.15, -0.1) is 6.58 Å². The molecule has 0 aliphatic heterocycles.